The fourth-order valence-electron chi connectivity index (χ4n) is 3.58. The Kier molecular flexibility index (Phi) is 6.94. The van der Waals surface area contributed by atoms with Crippen molar-refractivity contribution in [2.24, 2.45) is 5.92 Å². The number of likely N-dealkylation sites (tertiary alicyclic amines) is 1. The lowest BCUT2D eigenvalue weighted by Crippen LogP contribution is -2.36. The first-order valence-electron chi connectivity index (χ1n) is 9.51. The van der Waals surface area contributed by atoms with E-state index in [4.69, 9.17) is 5.11 Å². The fraction of sp³-hybridized carbons (Fsp3) is 0.632. The molecule has 136 valence electrons. The zero-order valence-corrected chi connectivity index (χ0v) is 14.9. The molecule has 1 aliphatic rings. The minimum Gasteiger partial charge on any atom is -0.396 e. The number of nitrogens with zero attached hydrogens (tertiary/aromatic N) is 5. The first kappa shape index (κ1) is 18.0. The molecular weight excluding hydrogens is 314 g/mol. The van der Waals surface area contributed by atoms with Crippen LogP contribution in [0.3, 0.4) is 0 Å². The van der Waals surface area contributed by atoms with E-state index in [1.165, 1.54) is 38.8 Å². The van der Waals surface area contributed by atoms with Crippen LogP contribution < -0.4 is 0 Å². The van der Waals surface area contributed by atoms with Crippen LogP contribution in [0.1, 0.15) is 38.5 Å². The molecule has 2 heterocycles. The van der Waals surface area contributed by atoms with Crippen molar-refractivity contribution in [1.29, 1.82) is 0 Å². The molecular formula is C19H29N5O. The van der Waals surface area contributed by atoms with Gasteiger partial charge in [0.15, 0.2) is 0 Å². The third kappa shape index (κ3) is 5.61. The molecule has 0 aliphatic carbocycles. The van der Waals surface area contributed by atoms with E-state index >= 15 is 0 Å². The Labute approximate surface area is 149 Å². The number of hydrogen-bond acceptors (Lipinski definition) is 5. The monoisotopic (exact) mass is 343 g/mol. The van der Waals surface area contributed by atoms with Crippen LogP contribution in [0.5, 0.6) is 0 Å². The van der Waals surface area contributed by atoms with Crippen molar-refractivity contribution in [1.82, 2.24) is 25.1 Å². The Bertz CT molecular complexity index is 613. The van der Waals surface area contributed by atoms with Crippen LogP contribution in [0.25, 0.3) is 11.4 Å². The average molecular weight is 343 g/mol. The summed E-state index contributed by atoms with van der Waals surface area (Å²) in [6.07, 6.45) is 6.99. The van der Waals surface area contributed by atoms with Gasteiger partial charge in [0.25, 0.3) is 0 Å². The third-order valence-electron chi connectivity index (χ3n) is 4.96. The first-order chi connectivity index (χ1) is 12.3. The molecule has 3 rings (SSSR count). The highest BCUT2D eigenvalue weighted by molar-refractivity contribution is 5.52. The molecule has 0 amide bonds. The van der Waals surface area contributed by atoms with E-state index in [1.807, 2.05) is 30.3 Å². The van der Waals surface area contributed by atoms with Gasteiger partial charge in [-0.3, -0.25) is 0 Å². The highest BCUT2D eigenvalue weighted by Gasteiger charge is 2.18. The third-order valence-corrected chi connectivity index (χ3v) is 4.96. The van der Waals surface area contributed by atoms with Gasteiger partial charge in [-0.2, -0.15) is 4.80 Å². The number of aliphatic hydroxyl groups excluding tert-OH is 1. The van der Waals surface area contributed by atoms with E-state index in [2.05, 4.69) is 20.3 Å². The van der Waals surface area contributed by atoms with E-state index in [-0.39, 0.29) is 0 Å². The Balaban J connectivity index is 1.33. The summed E-state index contributed by atoms with van der Waals surface area (Å²) in [5, 5.41) is 21.8. The largest absolute Gasteiger partial charge is 0.396 e. The lowest BCUT2D eigenvalue weighted by Gasteiger charge is -2.32. The first-order valence-corrected chi connectivity index (χ1v) is 9.51. The minimum absolute atomic E-state index is 0.328. The predicted molar refractivity (Wildman–Crippen MR) is 98.0 cm³/mol. The Hall–Kier alpha value is -1.79. The van der Waals surface area contributed by atoms with Crippen LogP contribution in [0.4, 0.5) is 0 Å². The number of piperidine rings is 1. The van der Waals surface area contributed by atoms with Gasteiger partial charge >= 0.3 is 0 Å². The van der Waals surface area contributed by atoms with Gasteiger partial charge in [0.1, 0.15) is 0 Å². The molecule has 1 aliphatic heterocycles. The molecule has 2 aromatic rings. The van der Waals surface area contributed by atoms with E-state index in [0.717, 1.165) is 31.5 Å². The van der Waals surface area contributed by atoms with Crippen molar-refractivity contribution in [2.45, 2.75) is 45.1 Å². The van der Waals surface area contributed by atoms with E-state index in [9.17, 15) is 0 Å². The molecule has 0 saturated carbocycles. The predicted octanol–water partition coefficient (Wildman–Crippen LogP) is 2.60. The van der Waals surface area contributed by atoms with E-state index < -0.39 is 0 Å². The Morgan fingerprint density at radius 2 is 1.92 bits per heavy atom. The summed E-state index contributed by atoms with van der Waals surface area (Å²) in [7, 11) is 0. The average Bonchev–Trinajstić information content (AvgIpc) is 3.12. The van der Waals surface area contributed by atoms with Gasteiger partial charge in [0.05, 0.1) is 6.54 Å². The van der Waals surface area contributed by atoms with E-state index in [0.29, 0.717) is 18.3 Å². The summed E-state index contributed by atoms with van der Waals surface area (Å²) in [6.45, 7) is 4.70. The standard InChI is InChI=1S/C19H29N5O/c25-15-11-17-8-7-13-23(16-17)12-5-2-6-14-24-21-19(20-22-24)18-9-3-1-4-10-18/h1,3-4,9-10,17,25H,2,5-8,11-16H2/t17-/m0/s1. The van der Waals surface area contributed by atoms with Gasteiger partial charge in [0.2, 0.25) is 5.82 Å². The molecule has 1 aromatic carbocycles. The molecule has 0 unspecified atom stereocenters. The quantitative estimate of drug-likeness (QED) is 0.709. The van der Waals surface area contributed by atoms with Crippen LogP contribution in [-0.2, 0) is 6.54 Å². The van der Waals surface area contributed by atoms with Crippen molar-refractivity contribution in [3.8, 4) is 11.4 Å². The zero-order valence-electron chi connectivity index (χ0n) is 14.9. The summed E-state index contributed by atoms with van der Waals surface area (Å²) >= 11 is 0. The Morgan fingerprint density at radius 3 is 2.76 bits per heavy atom. The second-order valence-corrected chi connectivity index (χ2v) is 6.96. The molecule has 1 atom stereocenters. The van der Waals surface area contributed by atoms with Crippen LogP contribution in [0.2, 0.25) is 0 Å². The molecule has 0 bridgehead atoms. The Morgan fingerprint density at radius 1 is 1.08 bits per heavy atom. The van der Waals surface area contributed by atoms with Gasteiger partial charge in [-0.25, -0.2) is 0 Å². The van der Waals surface area contributed by atoms with Gasteiger partial charge in [-0.1, -0.05) is 36.8 Å². The summed E-state index contributed by atoms with van der Waals surface area (Å²) < 4.78 is 0. The normalized spacial score (nSPS) is 18.5. The van der Waals surface area contributed by atoms with E-state index in [1.54, 1.807) is 4.80 Å². The number of rotatable bonds is 9. The fourth-order valence-corrected chi connectivity index (χ4v) is 3.58. The van der Waals surface area contributed by atoms with Crippen molar-refractivity contribution < 1.29 is 5.11 Å². The van der Waals surface area contributed by atoms with Gasteiger partial charge in [-0.05, 0) is 56.3 Å². The van der Waals surface area contributed by atoms with Gasteiger partial charge in [-0.15, -0.1) is 10.2 Å². The number of aromatic nitrogens is 4. The number of tetrazole rings is 1. The second kappa shape index (κ2) is 9.63. The van der Waals surface area contributed by atoms with Crippen LogP contribution in [-0.4, -0.2) is 56.5 Å². The summed E-state index contributed by atoms with van der Waals surface area (Å²) in [4.78, 5) is 4.27. The molecule has 1 saturated heterocycles. The molecule has 0 radical (unpaired) electrons. The van der Waals surface area contributed by atoms with Crippen molar-refractivity contribution in [3.05, 3.63) is 30.3 Å². The van der Waals surface area contributed by atoms with Gasteiger partial charge < -0.3 is 10.0 Å². The topological polar surface area (TPSA) is 67.1 Å². The molecule has 1 N–H and O–H groups in total. The maximum atomic E-state index is 9.10. The van der Waals surface area contributed by atoms with Crippen LogP contribution in [0, 0.1) is 5.92 Å². The second-order valence-electron chi connectivity index (χ2n) is 6.96. The maximum absolute atomic E-state index is 9.10. The summed E-state index contributed by atoms with van der Waals surface area (Å²) in [5.74, 6) is 1.39. The summed E-state index contributed by atoms with van der Waals surface area (Å²) in [6, 6.07) is 9.97. The van der Waals surface area contributed by atoms with Crippen molar-refractivity contribution >= 4 is 0 Å². The molecule has 1 fully saturated rings. The smallest absolute Gasteiger partial charge is 0.204 e. The zero-order chi connectivity index (χ0) is 17.3. The highest BCUT2D eigenvalue weighted by Crippen LogP contribution is 2.19. The molecule has 25 heavy (non-hydrogen) atoms. The highest BCUT2D eigenvalue weighted by atomic mass is 16.3. The van der Waals surface area contributed by atoms with Gasteiger partial charge in [0, 0.05) is 18.7 Å². The molecule has 6 nitrogen and oxygen atoms in total. The number of aliphatic hydroxyl groups is 1. The number of unbranched alkanes of at least 4 members (excludes halogenated alkanes) is 2. The molecule has 1 aromatic heterocycles. The SMILES string of the molecule is OCC[C@@H]1CCCN(CCCCCn2nnc(-c3ccccc3)n2)C1. The lowest BCUT2D eigenvalue weighted by molar-refractivity contribution is 0.146. The molecule has 6 heteroatoms. The minimum atomic E-state index is 0.328. The van der Waals surface area contributed by atoms with Crippen LogP contribution >= 0.6 is 0 Å². The van der Waals surface area contributed by atoms with Crippen molar-refractivity contribution in [3.63, 3.8) is 0 Å². The number of hydrogen-bond donors (Lipinski definition) is 1. The number of aryl methyl sites for hydroxylation is 1. The maximum Gasteiger partial charge on any atom is 0.204 e. The number of benzene rings is 1. The summed E-state index contributed by atoms with van der Waals surface area (Å²) in [5.41, 5.74) is 1.01. The lowest BCUT2D eigenvalue weighted by atomic mass is 9.95. The van der Waals surface area contributed by atoms with Crippen LogP contribution in [0.15, 0.2) is 30.3 Å². The molecule has 0 spiro atoms. The van der Waals surface area contributed by atoms with Crippen molar-refractivity contribution in [2.75, 3.05) is 26.2 Å².